The predicted molar refractivity (Wildman–Crippen MR) is 54.3 cm³/mol. The molecule has 3 nitrogen and oxygen atoms in total. The highest BCUT2D eigenvalue weighted by molar-refractivity contribution is 5.02. The fourth-order valence-corrected chi connectivity index (χ4v) is 1.14. The molecule has 0 unspecified atom stereocenters. The average Bonchev–Trinajstić information content (AvgIpc) is 2.48. The quantitative estimate of drug-likeness (QED) is 0.771. The molecule has 1 atom stereocenters. The van der Waals surface area contributed by atoms with Gasteiger partial charge in [-0.05, 0) is 25.3 Å². The van der Waals surface area contributed by atoms with Crippen molar-refractivity contribution in [2.24, 2.45) is 11.7 Å². The Morgan fingerprint density at radius 1 is 1.46 bits per heavy atom. The smallest absolute Gasteiger partial charge is 0.0788 e. The first kappa shape index (κ1) is 10.3. The second kappa shape index (κ2) is 4.42. The molecule has 0 fully saturated rings. The van der Waals surface area contributed by atoms with E-state index in [1.54, 1.807) is 0 Å². The van der Waals surface area contributed by atoms with E-state index in [1.807, 2.05) is 23.9 Å². The lowest BCUT2D eigenvalue weighted by Gasteiger charge is -2.04. The Morgan fingerprint density at radius 2 is 2.15 bits per heavy atom. The number of aromatic nitrogens is 2. The van der Waals surface area contributed by atoms with Gasteiger partial charge in [0, 0.05) is 18.8 Å². The molecule has 0 aromatic carbocycles. The first-order valence-electron chi connectivity index (χ1n) is 4.88. The highest BCUT2D eigenvalue weighted by Crippen LogP contribution is 2.07. The van der Waals surface area contributed by atoms with E-state index >= 15 is 0 Å². The van der Waals surface area contributed by atoms with Crippen LogP contribution in [0.5, 0.6) is 0 Å². The predicted octanol–water partition coefficient (Wildman–Crippen LogP) is 1.95. The van der Waals surface area contributed by atoms with E-state index in [4.69, 9.17) is 5.73 Å². The topological polar surface area (TPSA) is 43.8 Å². The zero-order chi connectivity index (χ0) is 9.84. The molecule has 3 heteroatoms. The van der Waals surface area contributed by atoms with Gasteiger partial charge >= 0.3 is 0 Å². The number of rotatable bonds is 4. The minimum absolute atomic E-state index is 0.0419. The van der Waals surface area contributed by atoms with Crippen molar-refractivity contribution in [2.75, 3.05) is 0 Å². The van der Waals surface area contributed by atoms with Crippen LogP contribution in [-0.2, 0) is 6.54 Å². The molecule has 0 aliphatic heterocycles. The Balaban J connectivity index is 2.49. The molecule has 1 rings (SSSR count). The number of nitrogens with two attached hydrogens (primary N) is 1. The number of hydrogen-bond acceptors (Lipinski definition) is 2. The van der Waals surface area contributed by atoms with Crippen molar-refractivity contribution in [3.63, 3.8) is 0 Å². The molecule has 13 heavy (non-hydrogen) atoms. The normalized spacial score (nSPS) is 13.6. The zero-order valence-electron chi connectivity index (χ0n) is 8.70. The van der Waals surface area contributed by atoms with Crippen LogP contribution in [0.15, 0.2) is 12.3 Å². The largest absolute Gasteiger partial charge is 0.323 e. The molecule has 0 aliphatic carbocycles. The maximum atomic E-state index is 5.71. The Morgan fingerprint density at radius 3 is 2.62 bits per heavy atom. The van der Waals surface area contributed by atoms with E-state index in [-0.39, 0.29) is 6.04 Å². The molecule has 0 amide bonds. The van der Waals surface area contributed by atoms with Gasteiger partial charge in [0.15, 0.2) is 0 Å². The van der Waals surface area contributed by atoms with Gasteiger partial charge in [0.05, 0.1) is 5.69 Å². The Hall–Kier alpha value is -0.830. The Bertz CT molecular complexity index is 250. The van der Waals surface area contributed by atoms with Gasteiger partial charge in [-0.3, -0.25) is 4.68 Å². The zero-order valence-corrected chi connectivity index (χ0v) is 8.70. The highest BCUT2D eigenvalue weighted by Gasteiger charge is 2.03. The molecule has 0 spiro atoms. The van der Waals surface area contributed by atoms with Crippen molar-refractivity contribution in [1.29, 1.82) is 0 Å². The van der Waals surface area contributed by atoms with E-state index in [2.05, 4.69) is 18.9 Å². The second-order valence-electron chi connectivity index (χ2n) is 3.97. The maximum Gasteiger partial charge on any atom is 0.0788 e. The number of hydrogen-bond donors (Lipinski definition) is 1. The van der Waals surface area contributed by atoms with Crippen molar-refractivity contribution in [3.8, 4) is 0 Å². The summed E-state index contributed by atoms with van der Waals surface area (Å²) < 4.78 is 1.97. The van der Waals surface area contributed by atoms with Gasteiger partial charge in [-0.1, -0.05) is 13.8 Å². The summed E-state index contributed by atoms with van der Waals surface area (Å²) in [5.74, 6) is 0.725. The van der Waals surface area contributed by atoms with Gasteiger partial charge in [0.2, 0.25) is 0 Å². The monoisotopic (exact) mass is 181 g/mol. The van der Waals surface area contributed by atoms with Gasteiger partial charge < -0.3 is 5.73 Å². The molecule has 0 saturated heterocycles. The van der Waals surface area contributed by atoms with Crippen molar-refractivity contribution >= 4 is 0 Å². The first-order valence-corrected chi connectivity index (χ1v) is 4.88. The standard InChI is InChI=1S/C10H19N3/c1-8(2)4-6-13-7-5-10(12-13)9(3)11/h5,7-9H,4,6,11H2,1-3H3/t9-/m0/s1. The molecular weight excluding hydrogens is 162 g/mol. The first-order chi connectivity index (χ1) is 6.09. The maximum absolute atomic E-state index is 5.71. The summed E-state index contributed by atoms with van der Waals surface area (Å²) in [5.41, 5.74) is 6.68. The van der Waals surface area contributed by atoms with Crippen LogP contribution in [0.3, 0.4) is 0 Å². The molecular formula is C10H19N3. The van der Waals surface area contributed by atoms with Crippen molar-refractivity contribution in [3.05, 3.63) is 18.0 Å². The molecule has 1 heterocycles. The third-order valence-electron chi connectivity index (χ3n) is 2.06. The molecule has 0 bridgehead atoms. The van der Waals surface area contributed by atoms with Gasteiger partial charge in [0.25, 0.3) is 0 Å². The summed E-state index contributed by atoms with van der Waals surface area (Å²) in [6.07, 6.45) is 3.17. The summed E-state index contributed by atoms with van der Waals surface area (Å²) in [7, 11) is 0. The summed E-state index contributed by atoms with van der Waals surface area (Å²) in [6.45, 7) is 7.38. The van der Waals surface area contributed by atoms with Gasteiger partial charge in [-0.15, -0.1) is 0 Å². The van der Waals surface area contributed by atoms with Crippen LogP contribution in [0.2, 0.25) is 0 Å². The molecule has 74 valence electrons. The summed E-state index contributed by atoms with van der Waals surface area (Å²) in [4.78, 5) is 0. The SMILES string of the molecule is CC(C)CCn1ccc([C@H](C)N)n1. The lowest BCUT2D eigenvalue weighted by molar-refractivity contribution is 0.482. The Kier molecular flexibility index (Phi) is 3.48. The minimum atomic E-state index is 0.0419. The van der Waals surface area contributed by atoms with Gasteiger partial charge in [-0.2, -0.15) is 5.10 Å². The fraction of sp³-hybridized carbons (Fsp3) is 0.700. The lowest BCUT2D eigenvalue weighted by Crippen LogP contribution is -2.08. The van der Waals surface area contributed by atoms with Gasteiger partial charge in [-0.25, -0.2) is 0 Å². The van der Waals surface area contributed by atoms with Crippen LogP contribution in [-0.4, -0.2) is 9.78 Å². The van der Waals surface area contributed by atoms with Crippen LogP contribution in [0.1, 0.15) is 38.9 Å². The molecule has 0 saturated carbocycles. The van der Waals surface area contributed by atoms with E-state index in [0.29, 0.717) is 0 Å². The molecule has 1 aromatic rings. The van der Waals surface area contributed by atoms with E-state index < -0.39 is 0 Å². The lowest BCUT2D eigenvalue weighted by atomic mass is 10.1. The number of aryl methyl sites for hydroxylation is 1. The molecule has 1 aromatic heterocycles. The summed E-state index contributed by atoms with van der Waals surface area (Å²) in [6, 6.07) is 2.03. The average molecular weight is 181 g/mol. The van der Waals surface area contributed by atoms with E-state index in [0.717, 1.165) is 18.2 Å². The second-order valence-corrected chi connectivity index (χ2v) is 3.97. The van der Waals surface area contributed by atoms with Crippen LogP contribution in [0.25, 0.3) is 0 Å². The molecule has 2 N–H and O–H groups in total. The highest BCUT2D eigenvalue weighted by atomic mass is 15.3. The van der Waals surface area contributed by atoms with E-state index in [1.165, 1.54) is 6.42 Å². The minimum Gasteiger partial charge on any atom is -0.323 e. The van der Waals surface area contributed by atoms with Crippen LogP contribution in [0.4, 0.5) is 0 Å². The van der Waals surface area contributed by atoms with Crippen LogP contribution < -0.4 is 5.73 Å². The fourth-order valence-electron chi connectivity index (χ4n) is 1.14. The summed E-state index contributed by atoms with van der Waals surface area (Å²) in [5, 5.41) is 4.37. The Labute approximate surface area is 79.9 Å². The van der Waals surface area contributed by atoms with Crippen LogP contribution in [0, 0.1) is 5.92 Å². The van der Waals surface area contributed by atoms with Crippen molar-refractivity contribution in [1.82, 2.24) is 9.78 Å². The summed E-state index contributed by atoms with van der Waals surface area (Å²) >= 11 is 0. The third kappa shape index (κ3) is 3.19. The van der Waals surface area contributed by atoms with Crippen molar-refractivity contribution < 1.29 is 0 Å². The molecule has 0 radical (unpaired) electrons. The van der Waals surface area contributed by atoms with E-state index in [9.17, 15) is 0 Å². The van der Waals surface area contributed by atoms with Crippen molar-refractivity contribution in [2.45, 2.75) is 39.8 Å². The van der Waals surface area contributed by atoms with Crippen LogP contribution >= 0.6 is 0 Å². The van der Waals surface area contributed by atoms with Gasteiger partial charge in [0.1, 0.15) is 0 Å². The third-order valence-corrected chi connectivity index (χ3v) is 2.06. The molecule has 0 aliphatic rings. The number of nitrogens with zero attached hydrogens (tertiary/aromatic N) is 2.